The highest BCUT2D eigenvalue weighted by Gasteiger charge is 2.50. The predicted molar refractivity (Wildman–Crippen MR) is 185 cm³/mol. The highest BCUT2D eigenvalue weighted by Crippen LogP contribution is 2.37. The Morgan fingerprint density at radius 2 is 1.33 bits per heavy atom. The van der Waals surface area contributed by atoms with Crippen LogP contribution < -0.4 is 10.4 Å². The molecule has 230 valence electrons. The van der Waals surface area contributed by atoms with Gasteiger partial charge >= 0.3 is 0 Å². The molecular weight excluding hydrogens is 675 g/mol. The minimum absolute atomic E-state index is 0.000577. The predicted octanol–water partition coefficient (Wildman–Crippen LogP) is 6.74. The number of halogens is 1. The molecule has 3 rings (SSSR count). The van der Waals surface area contributed by atoms with Crippen LogP contribution in [0.25, 0.3) is 0 Å². The average Bonchev–Trinajstić information content (AvgIpc) is 2.97. The van der Waals surface area contributed by atoms with Gasteiger partial charge in [0.05, 0.1) is 22.9 Å². The van der Waals surface area contributed by atoms with Gasteiger partial charge in [0.15, 0.2) is 9.84 Å². The molecule has 0 fully saturated rings. The van der Waals surface area contributed by atoms with E-state index in [2.05, 4.69) is 104 Å². The van der Waals surface area contributed by atoms with Gasteiger partial charge in [-0.1, -0.05) is 122 Å². The zero-order valence-corrected chi connectivity index (χ0v) is 29.7. The van der Waals surface area contributed by atoms with Crippen LogP contribution in [0.2, 0.25) is 5.04 Å². The largest absolute Gasteiger partial charge is 0.407 e. The fourth-order valence-electron chi connectivity index (χ4n) is 5.45. The van der Waals surface area contributed by atoms with Gasteiger partial charge in [0.25, 0.3) is 8.32 Å². The number of hydrogen-bond acceptors (Lipinski definition) is 5. The first kappa shape index (κ1) is 34.9. The van der Waals surface area contributed by atoms with Gasteiger partial charge in [0.1, 0.15) is 0 Å². The zero-order chi connectivity index (χ0) is 30.6. The molecule has 0 saturated heterocycles. The molecule has 0 spiro atoms. The first-order chi connectivity index (χ1) is 20.0. The molecule has 0 heterocycles. The fraction of sp³-hybridized carbons (Fsp3) is 0.471. The molecule has 0 aliphatic rings. The molecule has 42 heavy (non-hydrogen) atoms. The second kappa shape index (κ2) is 16.5. The smallest absolute Gasteiger partial charge is 0.261 e. The summed E-state index contributed by atoms with van der Waals surface area (Å²) in [5, 5.41) is 2.45. The number of aryl methyl sites for hydroxylation is 1. The summed E-state index contributed by atoms with van der Waals surface area (Å²) in [6, 6.07) is 28.4. The van der Waals surface area contributed by atoms with E-state index in [1.807, 2.05) is 19.1 Å². The molecule has 0 N–H and O–H groups in total. The Balaban J connectivity index is 1.69. The first-order valence-corrected chi connectivity index (χ1v) is 19.9. The molecule has 0 saturated carbocycles. The van der Waals surface area contributed by atoms with Crippen molar-refractivity contribution in [2.24, 2.45) is 0 Å². The van der Waals surface area contributed by atoms with Gasteiger partial charge in [-0.15, -0.1) is 0 Å². The van der Waals surface area contributed by atoms with Crippen LogP contribution in [0.15, 0.2) is 89.8 Å². The van der Waals surface area contributed by atoms with Crippen LogP contribution in [0.3, 0.4) is 0 Å². The molecule has 2 atom stereocenters. The van der Waals surface area contributed by atoms with E-state index in [9.17, 15) is 8.42 Å². The number of sulfone groups is 1. The summed E-state index contributed by atoms with van der Waals surface area (Å²) in [7, 11) is -4.25. The topological polar surface area (TPSA) is 61.8 Å². The normalized spacial score (nSPS) is 14.0. The standard InChI is InChI=1S/C34H47IO5SSi/c1-28-18-20-31(21-19-28)41(36,37)26-12-13-29(22-24-38-5)40-30(27-35)23-25-39-42(34(2,3)4,32-14-8-6-9-15-32)33-16-10-7-11-17-33/h6-11,14-21,29-30H,12-13,22-27H2,1-5H3/t29-,30+/m0/s1. The van der Waals surface area contributed by atoms with E-state index < -0.39 is 18.2 Å². The number of hydrogen-bond donors (Lipinski definition) is 0. The third-order valence-corrected chi connectivity index (χ3v) is 15.5. The number of benzene rings is 3. The van der Waals surface area contributed by atoms with Crippen molar-refractivity contribution in [1.82, 2.24) is 0 Å². The number of rotatable bonds is 17. The lowest BCUT2D eigenvalue weighted by Gasteiger charge is -2.43. The highest BCUT2D eigenvalue weighted by molar-refractivity contribution is 14.1. The van der Waals surface area contributed by atoms with Crippen LogP contribution >= 0.6 is 22.6 Å². The second-order valence-corrected chi connectivity index (χ2v) is 19.2. The lowest BCUT2D eigenvalue weighted by Crippen LogP contribution is -2.66. The van der Waals surface area contributed by atoms with E-state index in [-0.39, 0.29) is 23.0 Å². The number of methoxy groups -OCH3 is 1. The second-order valence-electron chi connectivity index (χ2n) is 11.9. The minimum atomic E-state index is -3.33. The molecule has 0 bridgehead atoms. The molecule has 3 aromatic carbocycles. The monoisotopic (exact) mass is 722 g/mol. The van der Waals surface area contributed by atoms with Gasteiger partial charge in [0, 0.05) is 24.8 Å². The van der Waals surface area contributed by atoms with Crippen molar-refractivity contribution in [2.45, 2.75) is 75.5 Å². The van der Waals surface area contributed by atoms with Gasteiger partial charge in [-0.05, 0) is 60.2 Å². The summed E-state index contributed by atoms with van der Waals surface area (Å²) in [6.45, 7) is 9.98. The van der Waals surface area contributed by atoms with Crippen LogP contribution in [0.4, 0.5) is 0 Å². The Hall–Kier alpha value is -1.56. The van der Waals surface area contributed by atoms with Gasteiger partial charge in [-0.3, -0.25) is 0 Å². The van der Waals surface area contributed by atoms with Gasteiger partial charge < -0.3 is 13.9 Å². The Morgan fingerprint density at radius 3 is 1.83 bits per heavy atom. The van der Waals surface area contributed by atoms with Crippen molar-refractivity contribution in [1.29, 1.82) is 0 Å². The molecule has 0 amide bonds. The van der Waals surface area contributed by atoms with E-state index in [1.165, 1.54) is 10.4 Å². The maximum atomic E-state index is 12.9. The Labute approximate surface area is 268 Å². The van der Waals surface area contributed by atoms with E-state index >= 15 is 0 Å². The minimum Gasteiger partial charge on any atom is -0.407 e. The van der Waals surface area contributed by atoms with E-state index in [0.29, 0.717) is 31.0 Å². The summed E-state index contributed by atoms with van der Waals surface area (Å²) in [5.41, 5.74) is 1.05. The van der Waals surface area contributed by atoms with Crippen molar-refractivity contribution in [3.05, 3.63) is 90.5 Å². The van der Waals surface area contributed by atoms with Gasteiger partial charge in [-0.2, -0.15) is 0 Å². The molecular formula is C34H47IO5SSi. The summed E-state index contributed by atoms with van der Waals surface area (Å²) in [4.78, 5) is 0.382. The molecule has 5 nitrogen and oxygen atoms in total. The van der Waals surface area contributed by atoms with Crippen LogP contribution in [0.5, 0.6) is 0 Å². The zero-order valence-electron chi connectivity index (χ0n) is 25.7. The Morgan fingerprint density at radius 1 is 0.786 bits per heavy atom. The van der Waals surface area contributed by atoms with Crippen molar-refractivity contribution >= 4 is 51.1 Å². The number of ether oxygens (including phenoxy) is 2. The third kappa shape index (κ3) is 9.47. The molecule has 0 radical (unpaired) electrons. The maximum absolute atomic E-state index is 12.9. The Kier molecular flexibility index (Phi) is 13.7. The van der Waals surface area contributed by atoms with Crippen LogP contribution in [0.1, 0.15) is 52.0 Å². The van der Waals surface area contributed by atoms with E-state index in [1.54, 1.807) is 19.2 Å². The molecule has 0 unspecified atom stereocenters. The highest BCUT2D eigenvalue weighted by atomic mass is 127. The van der Waals surface area contributed by atoms with Crippen molar-refractivity contribution < 1.29 is 22.3 Å². The summed E-state index contributed by atoms with van der Waals surface area (Å²) in [6.07, 6.45) is 2.61. The first-order valence-electron chi connectivity index (χ1n) is 14.8. The fourth-order valence-corrected chi connectivity index (χ4v) is 12.0. The molecule has 8 heteroatoms. The van der Waals surface area contributed by atoms with Crippen LogP contribution in [-0.4, -0.2) is 59.4 Å². The van der Waals surface area contributed by atoms with Gasteiger partial charge in [-0.25, -0.2) is 8.42 Å². The van der Waals surface area contributed by atoms with E-state index in [4.69, 9.17) is 13.9 Å². The summed E-state index contributed by atoms with van der Waals surface area (Å²) >= 11 is 2.38. The third-order valence-electron chi connectivity index (χ3n) is 7.70. The summed E-state index contributed by atoms with van der Waals surface area (Å²) < 4.78 is 45.7. The van der Waals surface area contributed by atoms with Crippen molar-refractivity contribution in [3.63, 3.8) is 0 Å². The van der Waals surface area contributed by atoms with Crippen molar-refractivity contribution in [2.75, 3.05) is 30.5 Å². The Bertz CT molecular complexity index is 1260. The average molecular weight is 723 g/mol. The lowest BCUT2D eigenvalue weighted by atomic mass is 10.1. The number of alkyl halides is 1. The lowest BCUT2D eigenvalue weighted by molar-refractivity contribution is -0.0261. The molecule has 0 aliphatic heterocycles. The van der Waals surface area contributed by atoms with Crippen LogP contribution in [-0.2, 0) is 23.7 Å². The van der Waals surface area contributed by atoms with Crippen molar-refractivity contribution in [3.8, 4) is 0 Å². The molecule has 0 aromatic heterocycles. The molecule has 0 aliphatic carbocycles. The quantitative estimate of drug-likeness (QED) is 0.0878. The summed E-state index contributed by atoms with van der Waals surface area (Å²) in [5.74, 6) is 0.106. The SMILES string of the molecule is COCC[C@H](CCCS(=O)(=O)c1ccc(C)cc1)O[C@@H](CI)CCO[Si](c1ccccc1)(c1ccccc1)C(C)(C)C. The van der Waals surface area contributed by atoms with Gasteiger partial charge in [0.2, 0.25) is 0 Å². The van der Waals surface area contributed by atoms with Crippen LogP contribution in [0, 0.1) is 6.92 Å². The molecule has 3 aromatic rings. The van der Waals surface area contributed by atoms with E-state index in [0.717, 1.165) is 22.8 Å². The maximum Gasteiger partial charge on any atom is 0.261 e.